The van der Waals surface area contributed by atoms with E-state index in [-0.39, 0.29) is 1.43 Å². The molecule has 0 aliphatic heterocycles. The molecule has 0 amide bonds. The van der Waals surface area contributed by atoms with Gasteiger partial charge in [-0.15, -0.1) is 0 Å². The van der Waals surface area contributed by atoms with Crippen molar-refractivity contribution in [1.29, 1.82) is 0 Å². The van der Waals surface area contributed by atoms with Crippen LogP contribution in [0, 0.1) is 0 Å². The lowest BCUT2D eigenvalue weighted by Crippen LogP contribution is -1.77. The van der Waals surface area contributed by atoms with Gasteiger partial charge in [-0.1, -0.05) is 13.0 Å². The van der Waals surface area contributed by atoms with Gasteiger partial charge in [0.15, 0.2) is 0 Å². The predicted molar refractivity (Wildman–Crippen MR) is 47.6 cm³/mol. The van der Waals surface area contributed by atoms with E-state index in [0.717, 1.165) is 11.9 Å². The third-order valence-corrected chi connectivity index (χ3v) is 1.91. The summed E-state index contributed by atoms with van der Waals surface area (Å²) in [5.74, 6) is 0. The molecule has 0 fully saturated rings. The van der Waals surface area contributed by atoms with Gasteiger partial charge >= 0.3 is 0 Å². The lowest BCUT2D eigenvalue weighted by atomic mass is 10.1. The zero-order valence-electron chi connectivity index (χ0n) is 6.46. The number of nitrogens with zero attached hydrogens (tertiary/aromatic N) is 1. The topological polar surface area (TPSA) is 28.7 Å². The molecule has 11 heavy (non-hydrogen) atoms. The van der Waals surface area contributed by atoms with Crippen molar-refractivity contribution in [2.45, 2.75) is 13.3 Å². The first kappa shape index (κ1) is 6.40. The summed E-state index contributed by atoms with van der Waals surface area (Å²) in [6, 6.07) is 6.36. The lowest BCUT2D eigenvalue weighted by molar-refractivity contribution is 1.12. The van der Waals surface area contributed by atoms with Crippen LogP contribution in [0.4, 0.5) is 0 Å². The Kier molecular flexibility index (Phi) is 1.39. The average Bonchev–Trinajstić information content (AvgIpc) is 2.50. The standard InChI is InChI=1S/C9H10N2.H2/c1-2-7-3-4-9-8(5-7)6-10-11-9;/h3-6H,2H2,1H3,(H,10,11);1H. The Morgan fingerprint density at radius 3 is 3.27 bits per heavy atom. The molecular formula is C9H12N2. The van der Waals surface area contributed by atoms with Gasteiger partial charge in [0, 0.05) is 6.81 Å². The number of H-pyrrole nitrogens is 1. The molecule has 1 heterocycles. The van der Waals surface area contributed by atoms with Crippen LogP contribution in [0.25, 0.3) is 10.9 Å². The SMILES string of the molecule is CCc1ccc2[nH]ncc2c1.[HH]. The first-order valence-corrected chi connectivity index (χ1v) is 3.82. The summed E-state index contributed by atoms with van der Waals surface area (Å²) < 4.78 is 0. The minimum Gasteiger partial charge on any atom is -0.278 e. The highest BCUT2D eigenvalue weighted by Crippen LogP contribution is 2.12. The molecule has 0 unspecified atom stereocenters. The highest BCUT2D eigenvalue weighted by molar-refractivity contribution is 5.78. The van der Waals surface area contributed by atoms with Crippen LogP contribution in [0.5, 0.6) is 0 Å². The van der Waals surface area contributed by atoms with E-state index in [0.29, 0.717) is 0 Å². The van der Waals surface area contributed by atoms with E-state index < -0.39 is 0 Å². The summed E-state index contributed by atoms with van der Waals surface area (Å²) in [6.45, 7) is 2.15. The number of aromatic nitrogens is 2. The fourth-order valence-electron chi connectivity index (χ4n) is 1.21. The van der Waals surface area contributed by atoms with E-state index >= 15 is 0 Å². The molecule has 0 saturated carbocycles. The number of aryl methyl sites for hydroxylation is 1. The number of fused-ring (bicyclic) bond motifs is 1. The third kappa shape index (κ3) is 1.00. The minimum absolute atomic E-state index is 0. The molecule has 0 bridgehead atoms. The maximum Gasteiger partial charge on any atom is 0.0650 e. The van der Waals surface area contributed by atoms with Crippen LogP contribution < -0.4 is 0 Å². The van der Waals surface area contributed by atoms with E-state index in [9.17, 15) is 0 Å². The van der Waals surface area contributed by atoms with Crippen molar-refractivity contribution in [3.05, 3.63) is 30.0 Å². The molecule has 0 aliphatic rings. The van der Waals surface area contributed by atoms with Crippen molar-refractivity contribution in [3.63, 3.8) is 0 Å². The van der Waals surface area contributed by atoms with Gasteiger partial charge in [0.1, 0.15) is 0 Å². The Labute approximate surface area is 66.7 Å². The molecule has 0 spiro atoms. The fourth-order valence-corrected chi connectivity index (χ4v) is 1.21. The predicted octanol–water partition coefficient (Wildman–Crippen LogP) is 2.37. The molecular weight excluding hydrogens is 136 g/mol. The Balaban J connectivity index is 0.000000720. The van der Waals surface area contributed by atoms with Gasteiger partial charge in [0.05, 0.1) is 11.7 Å². The van der Waals surface area contributed by atoms with Crippen LogP contribution in [0.15, 0.2) is 24.4 Å². The molecule has 0 atom stereocenters. The van der Waals surface area contributed by atoms with Crippen molar-refractivity contribution in [2.24, 2.45) is 0 Å². The molecule has 2 aromatic rings. The molecule has 58 valence electrons. The molecule has 0 radical (unpaired) electrons. The van der Waals surface area contributed by atoms with Crippen molar-refractivity contribution in [2.75, 3.05) is 0 Å². The smallest absolute Gasteiger partial charge is 0.0650 e. The second-order valence-electron chi connectivity index (χ2n) is 2.65. The van der Waals surface area contributed by atoms with Gasteiger partial charge < -0.3 is 0 Å². The number of aromatic amines is 1. The van der Waals surface area contributed by atoms with E-state index in [1.165, 1.54) is 10.9 Å². The summed E-state index contributed by atoms with van der Waals surface area (Å²) in [4.78, 5) is 0. The van der Waals surface area contributed by atoms with E-state index in [4.69, 9.17) is 0 Å². The van der Waals surface area contributed by atoms with E-state index in [2.05, 4.69) is 35.3 Å². The molecule has 0 saturated heterocycles. The van der Waals surface area contributed by atoms with Gasteiger partial charge in [-0.25, -0.2) is 0 Å². The van der Waals surface area contributed by atoms with Crippen LogP contribution in [-0.4, -0.2) is 10.2 Å². The van der Waals surface area contributed by atoms with Gasteiger partial charge in [0.2, 0.25) is 0 Å². The number of nitrogens with one attached hydrogen (secondary N) is 1. The van der Waals surface area contributed by atoms with Crippen molar-refractivity contribution in [3.8, 4) is 0 Å². The minimum atomic E-state index is 0. The van der Waals surface area contributed by atoms with Gasteiger partial charge in [-0.2, -0.15) is 5.10 Å². The third-order valence-electron chi connectivity index (χ3n) is 1.91. The zero-order chi connectivity index (χ0) is 7.68. The number of rotatable bonds is 1. The summed E-state index contributed by atoms with van der Waals surface area (Å²) in [6.07, 6.45) is 2.94. The van der Waals surface area contributed by atoms with E-state index in [1.807, 2.05) is 6.20 Å². The fraction of sp³-hybridized carbons (Fsp3) is 0.222. The van der Waals surface area contributed by atoms with Gasteiger partial charge in [-0.3, -0.25) is 5.10 Å². The van der Waals surface area contributed by atoms with Crippen molar-refractivity contribution in [1.82, 2.24) is 10.2 Å². The molecule has 1 N–H and O–H groups in total. The van der Waals surface area contributed by atoms with Crippen LogP contribution in [0.1, 0.15) is 13.9 Å². The second kappa shape index (κ2) is 2.38. The van der Waals surface area contributed by atoms with Crippen LogP contribution in [0.3, 0.4) is 0 Å². The maximum atomic E-state index is 3.95. The largest absolute Gasteiger partial charge is 0.278 e. The summed E-state index contributed by atoms with van der Waals surface area (Å²) in [5.41, 5.74) is 2.47. The summed E-state index contributed by atoms with van der Waals surface area (Å²) >= 11 is 0. The lowest BCUT2D eigenvalue weighted by Gasteiger charge is -1.93. The Morgan fingerprint density at radius 1 is 1.55 bits per heavy atom. The average molecular weight is 148 g/mol. The summed E-state index contributed by atoms with van der Waals surface area (Å²) in [5, 5.41) is 8.07. The van der Waals surface area contributed by atoms with E-state index in [1.54, 1.807) is 0 Å². The highest BCUT2D eigenvalue weighted by atomic mass is 15.1. The monoisotopic (exact) mass is 148 g/mol. The zero-order valence-corrected chi connectivity index (χ0v) is 6.46. The first-order valence-electron chi connectivity index (χ1n) is 3.82. The number of hydrogen-bond donors (Lipinski definition) is 1. The highest BCUT2D eigenvalue weighted by Gasteiger charge is 1.94. The Hall–Kier alpha value is -1.31. The van der Waals surface area contributed by atoms with Gasteiger partial charge in [-0.05, 0) is 24.1 Å². The van der Waals surface area contributed by atoms with Gasteiger partial charge in [0.25, 0.3) is 0 Å². The second-order valence-corrected chi connectivity index (χ2v) is 2.65. The van der Waals surface area contributed by atoms with Crippen LogP contribution in [0.2, 0.25) is 0 Å². The first-order chi connectivity index (χ1) is 5.40. The van der Waals surface area contributed by atoms with Crippen LogP contribution >= 0.6 is 0 Å². The molecule has 2 rings (SSSR count). The number of hydrogen-bond acceptors (Lipinski definition) is 1. The quantitative estimate of drug-likeness (QED) is 0.660. The number of benzene rings is 1. The van der Waals surface area contributed by atoms with Crippen LogP contribution in [-0.2, 0) is 6.42 Å². The Morgan fingerprint density at radius 2 is 2.45 bits per heavy atom. The summed E-state index contributed by atoms with van der Waals surface area (Å²) in [7, 11) is 0. The Bertz CT molecular complexity index is 367. The molecule has 1 aromatic heterocycles. The molecule has 1 aromatic carbocycles. The normalized spacial score (nSPS) is 10.6. The molecule has 2 heteroatoms. The maximum absolute atomic E-state index is 3.95. The molecule has 2 nitrogen and oxygen atoms in total. The van der Waals surface area contributed by atoms with Crippen molar-refractivity contribution < 1.29 is 1.43 Å². The van der Waals surface area contributed by atoms with Crippen molar-refractivity contribution >= 4 is 10.9 Å². The molecule has 0 aliphatic carbocycles.